The molecule has 0 spiro atoms. The van der Waals surface area contributed by atoms with Gasteiger partial charge in [-0.25, -0.2) is 0 Å². The highest BCUT2D eigenvalue weighted by Crippen LogP contribution is 2.54. The second kappa shape index (κ2) is 8.21. The first-order valence-electron chi connectivity index (χ1n) is 12.3. The zero-order chi connectivity index (χ0) is 24.4. The van der Waals surface area contributed by atoms with Crippen molar-refractivity contribution in [3.63, 3.8) is 0 Å². The Kier molecular flexibility index (Phi) is 6.65. The second-order valence-corrected chi connectivity index (χ2v) is 22.9. The van der Waals surface area contributed by atoms with E-state index in [1.165, 1.54) is 5.57 Å². The minimum atomic E-state index is -2.00. The zero-order valence-electron chi connectivity index (χ0n) is 22.1. The minimum absolute atomic E-state index is 0.0143. The van der Waals surface area contributed by atoms with E-state index in [9.17, 15) is 4.79 Å². The molecule has 1 saturated heterocycles. The summed E-state index contributed by atoms with van der Waals surface area (Å²) in [5.74, 6) is 0.286. The number of hydrogen-bond acceptors (Lipinski definition) is 4. The third kappa shape index (κ3) is 4.62. The molecule has 0 unspecified atom stereocenters. The van der Waals surface area contributed by atoms with Crippen LogP contribution < -0.4 is 0 Å². The predicted octanol–water partition coefficient (Wildman–Crippen LogP) is 6.85. The Hall–Kier alpha value is -0.696. The molecule has 0 amide bonds. The molecule has 0 aromatic carbocycles. The van der Waals surface area contributed by atoms with Gasteiger partial charge in [0.05, 0.1) is 18.6 Å². The summed E-state index contributed by atoms with van der Waals surface area (Å²) in [5.41, 5.74) is 2.31. The molecule has 0 aromatic heterocycles. The number of rotatable bonds is 4. The Balaban J connectivity index is 1.89. The average Bonchev–Trinajstić information content (AvgIpc) is 3.09. The minimum Gasteiger partial charge on any atom is -0.461 e. The monoisotopic (exact) mass is 478 g/mol. The topological polar surface area (TPSA) is 44.8 Å². The van der Waals surface area contributed by atoms with Gasteiger partial charge in [0.2, 0.25) is 0 Å². The smallest absolute Gasteiger partial charge is 0.306 e. The van der Waals surface area contributed by atoms with Crippen molar-refractivity contribution < 1.29 is 18.4 Å². The van der Waals surface area contributed by atoms with Gasteiger partial charge >= 0.3 is 5.97 Å². The third-order valence-corrected chi connectivity index (χ3v) is 18.1. The molecular weight excluding hydrogens is 432 g/mol. The summed E-state index contributed by atoms with van der Waals surface area (Å²) in [6.45, 7) is 31.8. The highest BCUT2D eigenvalue weighted by atomic mass is 28.4. The molecule has 182 valence electrons. The largest absolute Gasteiger partial charge is 0.461 e. The summed E-state index contributed by atoms with van der Waals surface area (Å²) < 4.78 is 19.7. The SMILES string of the molecule is C=C1[C@@H]2[C@H]3OC(=O)C[C@@H]3[C@H](O[Si](C)(C)C(C)(C)C)CC(=C)[C@@H]2C[C@@H]1O[Si](C)(C)C(C)(C)C. The van der Waals surface area contributed by atoms with Crippen molar-refractivity contribution in [3.05, 3.63) is 24.3 Å². The van der Waals surface area contributed by atoms with E-state index < -0.39 is 16.6 Å². The fourth-order valence-corrected chi connectivity index (χ4v) is 7.72. The summed E-state index contributed by atoms with van der Waals surface area (Å²) >= 11 is 0. The molecule has 1 aliphatic heterocycles. The van der Waals surface area contributed by atoms with Gasteiger partial charge in [0.15, 0.2) is 16.6 Å². The average molecular weight is 479 g/mol. The first kappa shape index (κ1) is 25.9. The molecule has 1 heterocycles. The predicted molar refractivity (Wildman–Crippen MR) is 137 cm³/mol. The Morgan fingerprint density at radius 3 is 1.97 bits per heavy atom. The second-order valence-electron chi connectivity index (χ2n) is 13.4. The Bertz CT molecular complexity index is 787. The molecule has 0 aromatic rings. The number of hydrogen-bond donors (Lipinski definition) is 0. The van der Waals surface area contributed by atoms with Crippen LogP contribution in [-0.4, -0.2) is 40.9 Å². The summed E-state index contributed by atoms with van der Waals surface area (Å²) in [6, 6.07) is 0. The van der Waals surface area contributed by atoms with Gasteiger partial charge in [0, 0.05) is 11.8 Å². The van der Waals surface area contributed by atoms with Crippen LogP contribution in [0.1, 0.15) is 60.8 Å². The van der Waals surface area contributed by atoms with E-state index in [1.54, 1.807) is 0 Å². The number of carbonyl (C=O) groups excluding carboxylic acids is 1. The van der Waals surface area contributed by atoms with Crippen molar-refractivity contribution in [2.45, 2.75) is 115 Å². The van der Waals surface area contributed by atoms with E-state index in [2.05, 4.69) is 80.9 Å². The molecule has 3 aliphatic rings. The summed E-state index contributed by atoms with van der Waals surface area (Å²) in [4.78, 5) is 12.5. The number of fused-ring (bicyclic) bond motifs is 3. The fourth-order valence-electron chi connectivity index (χ4n) is 5.04. The van der Waals surface area contributed by atoms with Gasteiger partial charge in [-0.05, 0) is 60.6 Å². The summed E-state index contributed by atoms with van der Waals surface area (Å²) in [5, 5.41) is 0.251. The van der Waals surface area contributed by atoms with Crippen molar-refractivity contribution in [3.8, 4) is 0 Å². The summed E-state index contributed by atoms with van der Waals surface area (Å²) in [7, 11) is -3.94. The van der Waals surface area contributed by atoms with Gasteiger partial charge in [0.25, 0.3) is 0 Å². The number of carbonyl (C=O) groups is 1. The highest BCUT2D eigenvalue weighted by molar-refractivity contribution is 6.74. The van der Waals surface area contributed by atoms with Crippen LogP contribution >= 0.6 is 0 Å². The molecule has 0 N–H and O–H groups in total. The quantitative estimate of drug-likeness (QED) is 0.252. The third-order valence-electron chi connectivity index (χ3n) is 9.15. The molecular formula is C26H46O4Si2. The molecule has 3 rings (SSSR count). The van der Waals surface area contributed by atoms with Crippen LogP contribution in [-0.2, 0) is 18.4 Å². The van der Waals surface area contributed by atoms with Crippen LogP contribution in [0.5, 0.6) is 0 Å². The van der Waals surface area contributed by atoms with E-state index in [1.807, 2.05) is 0 Å². The van der Waals surface area contributed by atoms with E-state index in [0.717, 1.165) is 18.4 Å². The van der Waals surface area contributed by atoms with Gasteiger partial charge in [-0.3, -0.25) is 4.79 Å². The standard InChI is InChI=1S/C26H46O4Si2/c1-16-13-21(30-32(11,12)26(6,7)8)19-15-22(27)28-24(19)23-17(2)20(14-18(16)23)29-31(9,10)25(3,4)5/h18-21,23-24H,1-2,13-15H2,3-12H3/t18-,19+,20-,21+,23-,24-/m0/s1. The van der Waals surface area contributed by atoms with Crippen LogP contribution in [0.4, 0.5) is 0 Å². The van der Waals surface area contributed by atoms with Gasteiger partial charge in [-0.1, -0.05) is 60.3 Å². The lowest BCUT2D eigenvalue weighted by atomic mass is 9.82. The molecule has 6 atom stereocenters. The van der Waals surface area contributed by atoms with Crippen molar-refractivity contribution in [2.75, 3.05) is 0 Å². The molecule has 0 bridgehead atoms. The maximum Gasteiger partial charge on any atom is 0.306 e. The van der Waals surface area contributed by atoms with Crippen LogP contribution in [0, 0.1) is 17.8 Å². The van der Waals surface area contributed by atoms with E-state index >= 15 is 0 Å². The molecule has 6 heteroatoms. The van der Waals surface area contributed by atoms with E-state index in [0.29, 0.717) is 6.42 Å². The molecule has 3 fully saturated rings. The number of ether oxygens (including phenoxy) is 1. The Labute approximate surface area is 198 Å². The maximum atomic E-state index is 12.5. The van der Waals surface area contributed by atoms with E-state index in [-0.39, 0.29) is 52.1 Å². The normalized spacial score (nSPS) is 34.2. The van der Waals surface area contributed by atoms with Gasteiger partial charge in [-0.2, -0.15) is 0 Å². The number of esters is 1. The van der Waals surface area contributed by atoms with Crippen LogP contribution in [0.15, 0.2) is 24.3 Å². The van der Waals surface area contributed by atoms with Crippen molar-refractivity contribution in [1.29, 1.82) is 0 Å². The van der Waals surface area contributed by atoms with Gasteiger partial charge in [-0.15, -0.1) is 0 Å². The molecule has 32 heavy (non-hydrogen) atoms. The van der Waals surface area contributed by atoms with Gasteiger partial charge < -0.3 is 13.6 Å². The fraction of sp³-hybridized carbons (Fsp3) is 0.808. The molecule has 2 aliphatic carbocycles. The van der Waals surface area contributed by atoms with Crippen molar-refractivity contribution in [2.24, 2.45) is 17.8 Å². The first-order chi connectivity index (χ1) is 14.4. The van der Waals surface area contributed by atoms with Crippen molar-refractivity contribution in [1.82, 2.24) is 0 Å². The van der Waals surface area contributed by atoms with Crippen LogP contribution in [0.3, 0.4) is 0 Å². The Morgan fingerprint density at radius 1 is 0.906 bits per heavy atom. The van der Waals surface area contributed by atoms with E-state index in [4.69, 9.17) is 13.6 Å². The van der Waals surface area contributed by atoms with Gasteiger partial charge in [0.1, 0.15) is 6.10 Å². The lowest BCUT2D eigenvalue weighted by molar-refractivity contribution is -0.143. The molecule has 0 radical (unpaired) electrons. The Morgan fingerprint density at radius 2 is 1.44 bits per heavy atom. The highest BCUT2D eigenvalue weighted by Gasteiger charge is 2.57. The lowest BCUT2D eigenvalue weighted by Gasteiger charge is -2.41. The molecule has 4 nitrogen and oxygen atoms in total. The zero-order valence-corrected chi connectivity index (χ0v) is 24.1. The van der Waals surface area contributed by atoms with Crippen molar-refractivity contribution >= 4 is 22.6 Å². The molecule has 2 saturated carbocycles. The van der Waals surface area contributed by atoms with Crippen LogP contribution in [0.2, 0.25) is 36.3 Å². The lowest BCUT2D eigenvalue weighted by Crippen LogP contribution is -2.47. The van der Waals surface area contributed by atoms with Crippen LogP contribution in [0.25, 0.3) is 0 Å². The first-order valence-corrected chi connectivity index (χ1v) is 18.1. The summed E-state index contributed by atoms with van der Waals surface area (Å²) in [6.07, 6.45) is 1.94. The maximum absolute atomic E-state index is 12.5.